The highest BCUT2D eigenvalue weighted by Gasteiger charge is 2.31. The summed E-state index contributed by atoms with van der Waals surface area (Å²) in [6, 6.07) is 10.4. The molecule has 0 aliphatic carbocycles. The van der Waals surface area contributed by atoms with Crippen molar-refractivity contribution in [2.45, 2.75) is 19.8 Å². The second kappa shape index (κ2) is 8.32. The van der Waals surface area contributed by atoms with Crippen LogP contribution in [0.3, 0.4) is 0 Å². The lowest BCUT2D eigenvalue weighted by Gasteiger charge is -2.36. The van der Waals surface area contributed by atoms with E-state index in [4.69, 9.17) is 9.72 Å². The van der Waals surface area contributed by atoms with Gasteiger partial charge in [-0.05, 0) is 25.3 Å². The first-order valence-electron chi connectivity index (χ1n) is 10.6. The lowest BCUT2D eigenvalue weighted by molar-refractivity contribution is -0.140. The average molecular weight is 423 g/mol. The van der Waals surface area contributed by atoms with Gasteiger partial charge < -0.3 is 14.5 Å². The third kappa shape index (κ3) is 3.68. The molecule has 2 aromatic heterocycles. The number of morpholine rings is 1. The van der Waals surface area contributed by atoms with E-state index in [9.17, 15) is 4.79 Å². The Kier molecular flexibility index (Phi) is 5.39. The Bertz CT molecular complexity index is 1040. The molecule has 0 atom stereocenters. The fourth-order valence-corrected chi connectivity index (χ4v) is 5.45. The summed E-state index contributed by atoms with van der Waals surface area (Å²) < 4.78 is 5.39. The van der Waals surface area contributed by atoms with Crippen LogP contribution in [0.4, 0.5) is 5.82 Å². The third-order valence-electron chi connectivity index (χ3n) is 6.08. The summed E-state index contributed by atoms with van der Waals surface area (Å²) in [6.07, 6.45) is 1.73. The van der Waals surface area contributed by atoms with Crippen molar-refractivity contribution in [3.63, 3.8) is 0 Å². The van der Waals surface area contributed by atoms with Crippen molar-refractivity contribution >= 4 is 33.3 Å². The Hall–Kier alpha value is -2.51. The minimum absolute atomic E-state index is 0.105. The Morgan fingerprint density at radius 3 is 2.53 bits per heavy atom. The summed E-state index contributed by atoms with van der Waals surface area (Å²) >= 11 is 1.67. The standard InChI is InChI=1S/C23H26N4O2S/c1-16-24-21(20-19(15-30-22(20)25-16)17-5-3-2-4-6-17)26-9-7-18(8-10-26)23(28)27-11-13-29-14-12-27/h2-6,15,18H,7-14H2,1H3. The number of aryl methyl sites for hydroxylation is 1. The molecule has 7 heteroatoms. The van der Waals surface area contributed by atoms with Crippen LogP contribution >= 0.6 is 11.3 Å². The predicted molar refractivity (Wildman–Crippen MR) is 120 cm³/mol. The van der Waals surface area contributed by atoms with E-state index in [0.29, 0.717) is 19.1 Å². The molecule has 4 heterocycles. The fraction of sp³-hybridized carbons (Fsp3) is 0.435. The molecular weight excluding hydrogens is 396 g/mol. The highest BCUT2D eigenvalue weighted by Crippen LogP contribution is 2.39. The van der Waals surface area contributed by atoms with Crippen molar-refractivity contribution < 1.29 is 9.53 Å². The molecule has 156 valence electrons. The van der Waals surface area contributed by atoms with Crippen LogP contribution in [0.1, 0.15) is 18.7 Å². The summed E-state index contributed by atoms with van der Waals surface area (Å²) in [5, 5.41) is 3.32. The molecular formula is C23H26N4O2S. The zero-order valence-electron chi connectivity index (χ0n) is 17.2. The van der Waals surface area contributed by atoms with E-state index in [-0.39, 0.29) is 5.92 Å². The fourth-order valence-electron chi connectivity index (χ4n) is 4.47. The highest BCUT2D eigenvalue weighted by molar-refractivity contribution is 7.17. The molecule has 2 fully saturated rings. The Labute approximate surface area is 180 Å². The first-order valence-corrected chi connectivity index (χ1v) is 11.5. The number of hydrogen-bond donors (Lipinski definition) is 0. The van der Waals surface area contributed by atoms with E-state index in [1.54, 1.807) is 11.3 Å². The van der Waals surface area contributed by atoms with E-state index in [0.717, 1.165) is 60.9 Å². The first kappa shape index (κ1) is 19.5. The van der Waals surface area contributed by atoms with Gasteiger partial charge in [0, 0.05) is 43.0 Å². The lowest BCUT2D eigenvalue weighted by atomic mass is 9.94. The number of piperidine rings is 1. The van der Waals surface area contributed by atoms with Crippen LogP contribution in [0.15, 0.2) is 35.7 Å². The maximum absolute atomic E-state index is 12.9. The third-order valence-corrected chi connectivity index (χ3v) is 6.95. The maximum Gasteiger partial charge on any atom is 0.225 e. The van der Waals surface area contributed by atoms with Gasteiger partial charge >= 0.3 is 0 Å². The van der Waals surface area contributed by atoms with Crippen LogP contribution in [0.25, 0.3) is 21.3 Å². The van der Waals surface area contributed by atoms with Gasteiger partial charge in [0.05, 0.1) is 18.6 Å². The van der Waals surface area contributed by atoms with Crippen LogP contribution in [-0.2, 0) is 9.53 Å². The molecule has 0 spiro atoms. The lowest BCUT2D eigenvalue weighted by Crippen LogP contribution is -2.47. The van der Waals surface area contributed by atoms with E-state index < -0.39 is 0 Å². The summed E-state index contributed by atoms with van der Waals surface area (Å²) in [6.45, 7) is 6.40. The van der Waals surface area contributed by atoms with Crippen molar-refractivity contribution in [1.29, 1.82) is 0 Å². The predicted octanol–water partition coefficient (Wildman–Crippen LogP) is 3.74. The number of benzene rings is 1. The van der Waals surface area contributed by atoms with Gasteiger partial charge in [-0.3, -0.25) is 4.79 Å². The van der Waals surface area contributed by atoms with Crippen molar-refractivity contribution in [2.24, 2.45) is 5.92 Å². The van der Waals surface area contributed by atoms with E-state index in [2.05, 4.69) is 39.5 Å². The van der Waals surface area contributed by atoms with Crippen molar-refractivity contribution in [3.05, 3.63) is 41.5 Å². The average Bonchev–Trinajstić information content (AvgIpc) is 3.23. The summed E-state index contributed by atoms with van der Waals surface area (Å²) in [5.41, 5.74) is 2.38. The SMILES string of the molecule is Cc1nc(N2CCC(C(=O)N3CCOCC3)CC2)c2c(-c3ccccc3)csc2n1. The number of thiophene rings is 1. The molecule has 30 heavy (non-hydrogen) atoms. The quantitative estimate of drug-likeness (QED) is 0.644. The Morgan fingerprint density at radius 1 is 1.07 bits per heavy atom. The summed E-state index contributed by atoms with van der Waals surface area (Å²) in [4.78, 5) is 27.8. The van der Waals surface area contributed by atoms with Crippen molar-refractivity contribution in [1.82, 2.24) is 14.9 Å². The van der Waals surface area contributed by atoms with Crippen LogP contribution in [-0.4, -0.2) is 60.2 Å². The Balaban J connectivity index is 1.40. The zero-order valence-corrected chi connectivity index (χ0v) is 18.0. The van der Waals surface area contributed by atoms with Crippen molar-refractivity contribution in [2.75, 3.05) is 44.3 Å². The number of carbonyl (C=O) groups is 1. The minimum Gasteiger partial charge on any atom is -0.378 e. The van der Waals surface area contributed by atoms with Crippen LogP contribution in [0, 0.1) is 12.8 Å². The van der Waals surface area contributed by atoms with Crippen LogP contribution in [0.2, 0.25) is 0 Å². The summed E-state index contributed by atoms with van der Waals surface area (Å²) in [7, 11) is 0. The number of anilines is 1. The number of rotatable bonds is 3. The minimum atomic E-state index is 0.105. The van der Waals surface area contributed by atoms with Crippen LogP contribution in [0.5, 0.6) is 0 Å². The molecule has 1 amide bonds. The number of amides is 1. The number of ether oxygens (including phenoxy) is 1. The number of nitrogens with zero attached hydrogens (tertiary/aromatic N) is 4. The molecule has 1 aromatic carbocycles. The summed E-state index contributed by atoms with van der Waals surface area (Å²) in [5.74, 6) is 2.21. The van der Waals surface area contributed by atoms with Gasteiger partial charge in [0.15, 0.2) is 0 Å². The molecule has 0 radical (unpaired) electrons. The molecule has 2 aliphatic heterocycles. The molecule has 6 nitrogen and oxygen atoms in total. The highest BCUT2D eigenvalue weighted by atomic mass is 32.1. The monoisotopic (exact) mass is 422 g/mol. The molecule has 0 N–H and O–H groups in total. The van der Waals surface area contributed by atoms with Crippen LogP contribution < -0.4 is 4.90 Å². The second-order valence-electron chi connectivity index (χ2n) is 7.99. The largest absolute Gasteiger partial charge is 0.378 e. The van der Waals surface area contributed by atoms with Gasteiger partial charge in [0.1, 0.15) is 16.5 Å². The zero-order chi connectivity index (χ0) is 20.5. The molecule has 0 saturated carbocycles. The molecule has 0 bridgehead atoms. The first-order chi connectivity index (χ1) is 14.7. The molecule has 5 rings (SSSR count). The van der Waals surface area contributed by atoms with E-state index in [1.807, 2.05) is 17.9 Å². The van der Waals surface area contributed by atoms with E-state index >= 15 is 0 Å². The van der Waals surface area contributed by atoms with Gasteiger partial charge in [0.2, 0.25) is 5.91 Å². The Morgan fingerprint density at radius 2 is 1.80 bits per heavy atom. The van der Waals surface area contributed by atoms with Gasteiger partial charge in [-0.15, -0.1) is 11.3 Å². The van der Waals surface area contributed by atoms with E-state index in [1.165, 1.54) is 11.1 Å². The number of fused-ring (bicyclic) bond motifs is 1. The van der Waals surface area contributed by atoms with Gasteiger partial charge in [-0.25, -0.2) is 9.97 Å². The van der Waals surface area contributed by atoms with Crippen molar-refractivity contribution in [3.8, 4) is 11.1 Å². The number of hydrogen-bond acceptors (Lipinski definition) is 6. The topological polar surface area (TPSA) is 58.6 Å². The maximum atomic E-state index is 12.9. The molecule has 2 aliphatic rings. The van der Waals surface area contributed by atoms with Gasteiger partial charge in [0.25, 0.3) is 0 Å². The smallest absolute Gasteiger partial charge is 0.225 e. The van der Waals surface area contributed by atoms with Gasteiger partial charge in [-0.1, -0.05) is 30.3 Å². The normalized spacial score (nSPS) is 18.2. The van der Waals surface area contributed by atoms with Gasteiger partial charge in [-0.2, -0.15) is 0 Å². The molecule has 0 unspecified atom stereocenters. The number of aromatic nitrogens is 2. The second-order valence-corrected chi connectivity index (χ2v) is 8.85. The molecule has 2 saturated heterocycles. The molecule has 3 aromatic rings. The number of carbonyl (C=O) groups excluding carboxylic acids is 1.